The van der Waals surface area contributed by atoms with Crippen LogP contribution in [0, 0.1) is 5.92 Å². The normalized spacial score (nSPS) is 13.3. The van der Waals surface area contributed by atoms with Crippen LogP contribution >= 0.6 is 8.25 Å². The van der Waals surface area contributed by atoms with Gasteiger partial charge in [0.1, 0.15) is 0 Å². The van der Waals surface area contributed by atoms with E-state index in [0.29, 0.717) is 0 Å². The van der Waals surface area contributed by atoms with Gasteiger partial charge in [-0.25, -0.2) is 0 Å². The highest BCUT2D eigenvalue weighted by Gasteiger charge is 2.49. The largest absolute Gasteiger partial charge is 0.701 e. The minimum absolute atomic E-state index is 0.949. The number of ketones is 1. The Balaban J connectivity index is 4.39. The summed E-state index contributed by atoms with van der Waals surface area (Å²) in [5.74, 6) is -2.46. The molecule has 70 valence electrons. The van der Waals surface area contributed by atoms with E-state index in [1.807, 2.05) is 0 Å². The molecule has 0 heterocycles. The van der Waals surface area contributed by atoms with E-state index in [-0.39, 0.29) is 0 Å². The number of hydrogen-bond acceptors (Lipinski definition) is 3. The number of alkyl halides is 2. The molecule has 0 amide bonds. The fourth-order valence-electron chi connectivity index (χ4n) is 0.479. The summed E-state index contributed by atoms with van der Waals surface area (Å²) in [6.45, 7) is 2.48. The summed E-state index contributed by atoms with van der Waals surface area (Å²) in [7, 11) is -3.47. The Bertz CT molecular complexity index is 204. The number of rotatable bonds is 4. The summed E-state index contributed by atoms with van der Waals surface area (Å²) in [5.41, 5.74) is 0. The summed E-state index contributed by atoms with van der Waals surface area (Å²) >= 11 is 0. The molecule has 1 N–H and O–H groups in total. The van der Waals surface area contributed by atoms with Gasteiger partial charge in [0.25, 0.3) is 0 Å². The van der Waals surface area contributed by atoms with E-state index in [1.165, 1.54) is 13.8 Å². The van der Waals surface area contributed by atoms with Crippen molar-refractivity contribution in [2.24, 2.45) is 5.92 Å². The second-order valence-electron chi connectivity index (χ2n) is 2.36. The summed E-state index contributed by atoms with van der Waals surface area (Å²) < 4.78 is 37.9. The van der Waals surface area contributed by atoms with E-state index in [4.69, 9.17) is 4.89 Å². The quantitative estimate of drug-likeness (QED) is 0.699. The van der Waals surface area contributed by atoms with E-state index >= 15 is 0 Å². The van der Waals surface area contributed by atoms with Crippen molar-refractivity contribution in [2.45, 2.75) is 20.0 Å². The summed E-state index contributed by atoms with van der Waals surface area (Å²) in [6, 6.07) is 0. The van der Waals surface area contributed by atoms with Gasteiger partial charge in [-0.2, -0.15) is 8.78 Å². The van der Waals surface area contributed by atoms with Gasteiger partial charge in [-0.15, -0.1) is 4.89 Å². The van der Waals surface area contributed by atoms with E-state index in [9.17, 15) is 18.1 Å². The van der Waals surface area contributed by atoms with Gasteiger partial charge in [-0.05, 0) is 4.52 Å². The fourth-order valence-corrected chi connectivity index (χ4v) is 0.765. The van der Waals surface area contributed by atoms with Crippen LogP contribution < -0.4 is 0 Å². The first-order valence-corrected chi connectivity index (χ1v) is 4.18. The van der Waals surface area contributed by atoms with Gasteiger partial charge < -0.3 is 0 Å². The minimum Gasteiger partial charge on any atom is -0.289 e. The molecule has 1 unspecified atom stereocenters. The Labute approximate surface area is 68.5 Å². The molecule has 0 aliphatic carbocycles. The van der Waals surface area contributed by atoms with Crippen LogP contribution in [0.25, 0.3) is 0 Å². The number of hydrogen-bond donors (Lipinski definition) is 1. The van der Waals surface area contributed by atoms with Gasteiger partial charge in [-0.3, -0.25) is 4.79 Å². The van der Waals surface area contributed by atoms with Gasteiger partial charge >= 0.3 is 14.4 Å². The van der Waals surface area contributed by atoms with Crippen molar-refractivity contribution < 1.29 is 27.6 Å². The molecular formula is C5H8F2O4P+. The van der Waals surface area contributed by atoms with Crippen LogP contribution in [0.4, 0.5) is 8.78 Å². The second kappa shape index (κ2) is 3.98. The van der Waals surface area contributed by atoms with E-state index in [1.54, 1.807) is 0 Å². The molecule has 0 spiro atoms. The Morgan fingerprint density at radius 1 is 1.58 bits per heavy atom. The van der Waals surface area contributed by atoms with Gasteiger partial charge in [0, 0.05) is 10.5 Å². The number of halogens is 2. The molecule has 0 radical (unpaired) electrons. The van der Waals surface area contributed by atoms with E-state index < -0.39 is 26.1 Å². The molecule has 0 aliphatic heterocycles. The predicted octanol–water partition coefficient (Wildman–Crippen LogP) is 1.47. The van der Waals surface area contributed by atoms with Gasteiger partial charge in [0.05, 0.1) is 0 Å². The van der Waals surface area contributed by atoms with Crippen LogP contribution in [-0.2, 0) is 13.9 Å². The Kier molecular flexibility index (Phi) is 3.83. The summed E-state index contributed by atoms with van der Waals surface area (Å²) in [6.07, 6.45) is -4.17. The van der Waals surface area contributed by atoms with Gasteiger partial charge in [0.2, 0.25) is 5.78 Å². The zero-order chi connectivity index (χ0) is 9.94. The average molecular weight is 201 g/mol. The van der Waals surface area contributed by atoms with Crippen molar-refractivity contribution in [1.29, 1.82) is 0 Å². The molecule has 0 bridgehead atoms. The van der Waals surface area contributed by atoms with Crippen molar-refractivity contribution in [3.63, 3.8) is 0 Å². The topological polar surface area (TPSA) is 63.6 Å². The molecule has 0 aromatic heterocycles. The standard InChI is InChI=1S/C5H7F2O4P/c1-3(2)4(8)5(6,7)11-12(9)10/h3H,1-2H3/p+1. The van der Waals surface area contributed by atoms with Crippen molar-refractivity contribution >= 4 is 14.0 Å². The highest BCUT2D eigenvalue weighted by Crippen LogP contribution is 2.31. The molecule has 0 saturated heterocycles. The smallest absolute Gasteiger partial charge is 0.289 e. The van der Waals surface area contributed by atoms with Crippen molar-refractivity contribution in [2.75, 3.05) is 0 Å². The molecule has 12 heavy (non-hydrogen) atoms. The van der Waals surface area contributed by atoms with Crippen molar-refractivity contribution in [3.05, 3.63) is 0 Å². The zero-order valence-electron chi connectivity index (χ0n) is 6.45. The lowest BCUT2D eigenvalue weighted by Crippen LogP contribution is -2.33. The SMILES string of the molecule is CC(C)C(=O)C(F)(F)O[P+](=O)O. The van der Waals surface area contributed by atoms with Crippen molar-refractivity contribution in [1.82, 2.24) is 0 Å². The molecular weight excluding hydrogens is 193 g/mol. The first kappa shape index (κ1) is 11.6. The number of Topliss-reactive ketones (excluding diaryl/α,β-unsaturated/α-hetero) is 1. The van der Waals surface area contributed by atoms with Crippen LogP contribution in [0.1, 0.15) is 13.8 Å². The molecule has 0 rings (SSSR count). The third-order valence-corrected chi connectivity index (χ3v) is 1.39. The number of carbonyl (C=O) groups excluding carboxylic acids is 1. The fraction of sp³-hybridized carbons (Fsp3) is 0.800. The second-order valence-corrected chi connectivity index (χ2v) is 3.02. The van der Waals surface area contributed by atoms with Crippen LogP contribution in [0.3, 0.4) is 0 Å². The first-order chi connectivity index (χ1) is 5.27. The van der Waals surface area contributed by atoms with Crippen molar-refractivity contribution in [3.8, 4) is 0 Å². The third-order valence-electron chi connectivity index (χ3n) is 1.00. The lowest BCUT2D eigenvalue weighted by molar-refractivity contribution is -0.193. The molecule has 0 aliphatic rings. The van der Waals surface area contributed by atoms with Crippen LogP contribution in [0.5, 0.6) is 0 Å². The predicted molar refractivity (Wildman–Crippen MR) is 35.7 cm³/mol. The molecule has 0 fully saturated rings. The molecule has 0 aromatic carbocycles. The monoisotopic (exact) mass is 201 g/mol. The van der Waals surface area contributed by atoms with Gasteiger partial charge in [0.15, 0.2) is 0 Å². The molecule has 0 saturated carbocycles. The molecule has 7 heteroatoms. The Morgan fingerprint density at radius 3 is 2.25 bits per heavy atom. The maximum absolute atomic E-state index is 12.4. The molecule has 0 aromatic rings. The summed E-state index contributed by atoms with van der Waals surface area (Å²) in [4.78, 5) is 18.6. The maximum Gasteiger partial charge on any atom is 0.701 e. The lowest BCUT2D eigenvalue weighted by atomic mass is 10.1. The first-order valence-electron chi connectivity index (χ1n) is 3.04. The van der Waals surface area contributed by atoms with E-state index in [2.05, 4.69) is 4.52 Å². The average Bonchev–Trinajstić information content (AvgIpc) is 1.82. The van der Waals surface area contributed by atoms with E-state index in [0.717, 1.165) is 0 Å². The Hall–Kier alpha value is -0.450. The summed E-state index contributed by atoms with van der Waals surface area (Å²) in [5, 5.41) is 0. The third kappa shape index (κ3) is 3.30. The Morgan fingerprint density at radius 2 is 2.00 bits per heavy atom. The lowest BCUT2D eigenvalue weighted by Gasteiger charge is -2.08. The van der Waals surface area contributed by atoms with Crippen LogP contribution in [0.2, 0.25) is 0 Å². The molecule has 4 nitrogen and oxygen atoms in total. The molecule has 1 atom stereocenters. The minimum atomic E-state index is -4.17. The zero-order valence-corrected chi connectivity index (χ0v) is 7.35. The maximum atomic E-state index is 12.4. The highest BCUT2D eigenvalue weighted by molar-refractivity contribution is 7.32. The van der Waals surface area contributed by atoms with Gasteiger partial charge in [-0.1, -0.05) is 13.8 Å². The number of carbonyl (C=O) groups is 1. The van der Waals surface area contributed by atoms with Crippen LogP contribution in [0.15, 0.2) is 0 Å². The highest BCUT2D eigenvalue weighted by atomic mass is 31.1. The van der Waals surface area contributed by atoms with Crippen LogP contribution in [-0.4, -0.2) is 16.8 Å².